The number of amides is 1. The van der Waals surface area contributed by atoms with Gasteiger partial charge in [-0.15, -0.1) is 0 Å². The van der Waals surface area contributed by atoms with Crippen LogP contribution in [-0.2, 0) is 9.59 Å². The molecule has 1 fully saturated rings. The highest BCUT2D eigenvalue weighted by Crippen LogP contribution is 2.04. The predicted octanol–water partition coefficient (Wildman–Crippen LogP) is -0.351. The molecule has 0 unspecified atom stereocenters. The molecular weight excluding hydrogens is 168 g/mol. The van der Waals surface area contributed by atoms with Crippen LogP contribution in [0.2, 0.25) is 0 Å². The molecule has 0 aromatic rings. The number of hydrogen-bond acceptors (Lipinski definition) is 3. The van der Waals surface area contributed by atoms with Crippen molar-refractivity contribution in [3.63, 3.8) is 0 Å². The van der Waals surface area contributed by atoms with Crippen LogP contribution < -0.4 is 0 Å². The van der Waals surface area contributed by atoms with Crippen LogP contribution in [0.5, 0.6) is 0 Å². The third-order valence-electron chi connectivity index (χ3n) is 2.42. The molecule has 0 atom stereocenters. The molecule has 4 heteroatoms. The highest BCUT2D eigenvalue weighted by Gasteiger charge is 2.21. The summed E-state index contributed by atoms with van der Waals surface area (Å²) < 4.78 is 0. The molecule has 0 aromatic heterocycles. The average molecular weight is 183 g/mol. The SMILES string of the molecule is CC(C)N1CCN(C(=O)[C]=O)CC1. The quantitative estimate of drug-likeness (QED) is 0.549. The number of hydrogen-bond donors (Lipinski definition) is 0. The minimum atomic E-state index is -0.511. The molecule has 0 bridgehead atoms. The van der Waals surface area contributed by atoms with Crippen molar-refractivity contribution in [2.45, 2.75) is 19.9 Å². The van der Waals surface area contributed by atoms with E-state index in [0.29, 0.717) is 19.1 Å². The van der Waals surface area contributed by atoms with E-state index in [-0.39, 0.29) is 0 Å². The van der Waals surface area contributed by atoms with Crippen LogP contribution in [0.4, 0.5) is 0 Å². The van der Waals surface area contributed by atoms with Crippen molar-refractivity contribution in [1.29, 1.82) is 0 Å². The Labute approximate surface area is 78.5 Å². The van der Waals surface area contributed by atoms with E-state index in [1.807, 2.05) is 0 Å². The second-order valence-corrected chi connectivity index (χ2v) is 3.52. The lowest BCUT2D eigenvalue weighted by Crippen LogP contribution is -2.50. The van der Waals surface area contributed by atoms with Gasteiger partial charge in [0, 0.05) is 32.2 Å². The molecule has 0 spiro atoms. The normalized spacial score (nSPS) is 19.2. The first kappa shape index (κ1) is 10.2. The maximum absolute atomic E-state index is 10.9. The van der Waals surface area contributed by atoms with Crippen molar-refractivity contribution >= 4 is 12.2 Å². The first-order chi connectivity index (χ1) is 6.15. The van der Waals surface area contributed by atoms with Crippen LogP contribution >= 0.6 is 0 Å². The number of carbonyl (C=O) groups excluding carboxylic acids is 2. The molecule has 1 amide bonds. The Morgan fingerprint density at radius 1 is 1.23 bits per heavy atom. The Morgan fingerprint density at radius 3 is 2.15 bits per heavy atom. The van der Waals surface area contributed by atoms with E-state index in [2.05, 4.69) is 18.7 Å². The zero-order valence-corrected chi connectivity index (χ0v) is 8.12. The first-order valence-corrected chi connectivity index (χ1v) is 4.56. The summed E-state index contributed by atoms with van der Waals surface area (Å²) in [5, 5.41) is 0. The van der Waals surface area contributed by atoms with Crippen LogP contribution in [0.3, 0.4) is 0 Å². The van der Waals surface area contributed by atoms with E-state index in [0.717, 1.165) is 13.1 Å². The van der Waals surface area contributed by atoms with E-state index in [1.165, 1.54) is 6.29 Å². The molecular formula is C9H15N2O2. The van der Waals surface area contributed by atoms with Crippen molar-refractivity contribution in [1.82, 2.24) is 9.80 Å². The topological polar surface area (TPSA) is 40.6 Å². The second-order valence-electron chi connectivity index (χ2n) is 3.52. The molecule has 0 aliphatic carbocycles. The van der Waals surface area contributed by atoms with Gasteiger partial charge in [-0.2, -0.15) is 0 Å². The van der Waals surface area contributed by atoms with Crippen molar-refractivity contribution in [3.05, 3.63) is 0 Å². The summed E-state index contributed by atoms with van der Waals surface area (Å²) in [4.78, 5) is 24.9. The minimum absolute atomic E-state index is 0.511. The van der Waals surface area contributed by atoms with Gasteiger partial charge in [0.05, 0.1) is 0 Å². The van der Waals surface area contributed by atoms with Crippen molar-refractivity contribution in [2.75, 3.05) is 26.2 Å². The summed E-state index contributed by atoms with van der Waals surface area (Å²) in [6, 6.07) is 0.512. The van der Waals surface area contributed by atoms with Gasteiger partial charge in [-0.25, -0.2) is 0 Å². The van der Waals surface area contributed by atoms with Crippen molar-refractivity contribution < 1.29 is 9.59 Å². The van der Waals surface area contributed by atoms with Gasteiger partial charge >= 0.3 is 0 Å². The summed E-state index contributed by atoms with van der Waals surface area (Å²) >= 11 is 0. The average Bonchev–Trinajstić information content (AvgIpc) is 2.17. The highest BCUT2D eigenvalue weighted by atomic mass is 16.2. The third kappa shape index (κ3) is 2.52. The second kappa shape index (κ2) is 4.37. The lowest BCUT2D eigenvalue weighted by Gasteiger charge is -2.35. The fourth-order valence-electron chi connectivity index (χ4n) is 1.51. The monoisotopic (exact) mass is 183 g/mol. The maximum Gasteiger partial charge on any atom is 0.298 e. The van der Waals surface area contributed by atoms with E-state index in [1.54, 1.807) is 4.90 Å². The van der Waals surface area contributed by atoms with Gasteiger partial charge in [-0.05, 0) is 13.8 Å². The van der Waals surface area contributed by atoms with Crippen LogP contribution in [0, 0.1) is 0 Å². The van der Waals surface area contributed by atoms with Gasteiger partial charge in [0.1, 0.15) is 0 Å². The highest BCUT2D eigenvalue weighted by molar-refractivity contribution is 6.23. The summed E-state index contributed by atoms with van der Waals surface area (Å²) in [6.07, 6.45) is 1.40. The molecule has 1 radical (unpaired) electrons. The standard InChI is InChI=1S/C9H15N2O2/c1-8(2)10-3-5-11(6-4-10)9(13)7-12/h8H,3-6H2,1-2H3. The number of rotatable bonds is 2. The first-order valence-electron chi connectivity index (χ1n) is 4.56. The van der Waals surface area contributed by atoms with Crippen molar-refractivity contribution in [3.8, 4) is 0 Å². The van der Waals surface area contributed by atoms with E-state index in [4.69, 9.17) is 0 Å². The van der Waals surface area contributed by atoms with E-state index >= 15 is 0 Å². The Kier molecular flexibility index (Phi) is 3.42. The fraction of sp³-hybridized carbons (Fsp3) is 0.778. The molecule has 1 heterocycles. The molecule has 1 rings (SSSR count). The number of carbonyl (C=O) groups is 1. The zero-order chi connectivity index (χ0) is 9.84. The third-order valence-corrected chi connectivity index (χ3v) is 2.42. The van der Waals surface area contributed by atoms with Crippen LogP contribution in [0.25, 0.3) is 0 Å². The minimum Gasteiger partial charge on any atom is -0.333 e. The Bertz CT molecular complexity index is 196. The van der Waals surface area contributed by atoms with Crippen LogP contribution in [0.15, 0.2) is 0 Å². The molecule has 4 nitrogen and oxygen atoms in total. The summed E-state index contributed by atoms with van der Waals surface area (Å²) in [6.45, 7) is 7.25. The van der Waals surface area contributed by atoms with Crippen molar-refractivity contribution in [2.24, 2.45) is 0 Å². The van der Waals surface area contributed by atoms with E-state index in [9.17, 15) is 9.59 Å². The lowest BCUT2D eigenvalue weighted by atomic mass is 10.2. The Hall–Kier alpha value is -0.900. The summed E-state index contributed by atoms with van der Waals surface area (Å²) in [7, 11) is 0. The molecule has 0 saturated carbocycles. The van der Waals surface area contributed by atoms with Crippen LogP contribution in [0.1, 0.15) is 13.8 Å². The molecule has 1 saturated heterocycles. The van der Waals surface area contributed by atoms with Gasteiger partial charge in [0.25, 0.3) is 12.2 Å². The summed E-state index contributed by atoms with van der Waals surface area (Å²) in [5.74, 6) is -0.511. The summed E-state index contributed by atoms with van der Waals surface area (Å²) in [5.41, 5.74) is 0. The molecule has 13 heavy (non-hydrogen) atoms. The van der Waals surface area contributed by atoms with Gasteiger partial charge in [-0.1, -0.05) is 0 Å². The Morgan fingerprint density at radius 2 is 1.77 bits per heavy atom. The predicted molar refractivity (Wildman–Crippen MR) is 49.0 cm³/mol. The zero-order valence-electron chi connectivity index (χ0n) is 8.12. The molecule has 0 aromatic carbocycles. The van der Waals surface area contributed by atoms with Gasteiger partial charge in [0.15, 0.2) is 0 Å². The molecule has 73 valence electrons. The maximum atomic E-state index is 10.9. The number of nitrogens with zero attached hydrogens (tertiary/aromatic N) is 2. The lowest BCUT2D eigenvalue weighted by molar-refractivity contribution is -0.126. The number of piperazine rings is 1. The smallest absolute Gasteiger partial charge is 0.298 e. The molecule has 0 N–H and O–H groups in total. The molecule has 1 aliphatic rings. The molecule has 1 aliphatic heterocycles. The van der Waals surface area contributed by atoms with E-state index < -0.39 is 5.91 Å². The Balaban J connectivity index is 2.38. The van der Waals surface area contributed by atoms with Crippen LogP contribution in [-0.4, -0.2) is 54.2 Å². The van der Waals surface area contributed by atoms with Gasteiger partial charge in [-0.3, -0.25) is 14.5 Å². The van der Waals surface area contributed by atoms with Gasteiger partial charge in [0.2, 0.25) is 0 Å². The largest absolute Gasteiger partial charge is 0.333 e. The van der Waals surface area contributed by atoms with Gasteiger partial charge < -0.3 is 4.90 Å². The fourth-order valence-corrected chi connectivity index (χ4v) is 1.51.